The second-order valence-electron chi connectivity index (χ2n) is 21.6. The summed E-state index contributed by atoms with van der Waals surface area (Å²) in [5, 5.41) is 4.09. The van der Waals surface area contributed by atoms with Crippen LogP contribution in [0.3, 0.4) is 0 Å². The minimum atomic E-state index is -0.538. The summed E-state index contributed by atoms with van der Waals surface area (Å²) in [5.74, 6) is 0. The van der Waals surface area contributed by atoms with Crippen LogP contribution < -0.4 is 21.1 Å². The minimum absolute atomic E-state index is 0.0310. The maximum atomic E-state index is 4.09. The molecule has 1 N–H and O–H groups in total. The minimum Gasteiger partial charge on any atom is -0.355 e. The summed E-state index contributed by atoms with van der Waals surface area (Å²) in [5.41, 5.74) is 28.4. The molecule has 0 bridgehead atoms. The molecule has 3 heterocycles. The summed E-state index contributed by atoms with van der Waals surface area (Å²) in [6.07, 6.45) is 2.31. The molecule has 326 valence electrons. The first-order valence-electron chi connectivity index (χ1n) is 24.7. The fraction of sp³-hybridized carbons (Fsp3) is 0.169. The summed E-state index contributed by atoms with van der Waals surface area (Å²) in [6, 6.07) is 73.9. The molecule has 1 atom stereocenters. The van der Waals surface area contributed by atoms with E-state index >= 15 is 0 Å². The molecule has 0 fully saturated rings. The summed E-state index contributed by atoms with van der Waals surface area (Å²) < 4.78 is 0. The van der Waals surface area contributed by atoms with Crippen molar-refractivity contribution in [3.63, 3.8) is 0 Å². The van der Waals surface area contributed by atoms with Gasteiger partial charge in [0, 0.05) is 33.7 Å². The predicted molar refractivity (Wildman–Crippen MR) is 286 cm³/mol. The fourth-order valence-corrected chi connectivity index (χ4v) is 13.8. The number of fused-ring (bicyclic) bond motifs is 5. The van der Waals surface area contributed by atoms with Gasteiger partial charge in [0.1, 0.15) is 0 Å². The zero-order valence-corrected chi connectivity index (χ0v) is 39.5. The van der Waals surface area contributed by atoms with Gasteiger partial charge in [0.25, 0.3) is 0 Å². The second-order valence-corrected chi connectivity index (χ2v) is 21.6. The van der Waals surface area contributed by atoms with E-state index in [-0.39, 0.29) is 16.2 Å². The van der Waals surface area contributed by atoms with E-state index in [1.165, 1.54) is 117 Å². The van der Waals surface area contributed by atoms with Gasteiger partial charge in [-0.05, 0) is 144 Å². The highest BCUT2D eigenvalue weighted by molar-refractivity contribution is 6.73. The lowest BCUT2D eigenvalue weighted by Gasteiger charge is -2.54. The maximum Gasteiger partial charge on any atom is 0.198 e. The van der Waals surface area contributed by atoms with E-state index in [1.54, 1.807) is 0 Å². The van der Waals surface area contributed by atoms with Crippen molar-refractivity contribution in [3.05, 3.63) is 244 Å². The first-order valence-corrected chi connectivity index (χ1v) is 24.7. The third kappa shape index (κ3) is 5.14. The lowest BCUT2D eigenvalue weighted by molar-refractivity contribution is 0.332. The molecule has 3 aliphatic heterocycles. The van der Waals surface area contributed by atoms with Crippen LogP contribution in [0.15, 0.2) is 194 Å². The van der Waals surface area contributed by atoms with Crippen molar-refractivity contribution in [2.45, 2.75) is 69.1 Å². The lowest BCUT2D eigenvalue weighted by Crippen LogP contribution is -2.51. The summed E-state index contributed by atoms with van der Waals surface area (Å²) in [6.45, 7) is 12.4. The predicted octanol–water partition coefficient (Wildman–Crippen LogP) is 14.6. The highest BCUT2D eigenvalue weighted by atomic mass is 15.2. The van der Waals surface area contributed by atoms with Gasteiger partial charge in [0.15, 0.2) is 7.28 Å². The molecule has 68 heavy (non-hydrogen) atoms. The molecule has 0 saturated heterocycles. The maximum absolute atomic E-state index is 4.09. The van der Waals surface area contributed by atoms with Crippen LogP contribution in [0.4, 0.5) is 28.4 Å². The van der Waals surface area contributed by atoms with E-state index < -0.39 is 5.41 Å². The first kappa shape index (κ1) is 39.8. The Balaban J connectivity index is 1.08. The van der Waals surface area contributed by atoms with Gasteiger partial charge in [-0.2, -0.15) is 0 Å². The highest BCUT2D eigenvalue weighted by Gasteiger charge is 2.57. The van der Waals surface area contributed by atoms with Crippen LogP contribution >= 0.6 is 0 Å². The number of nitrogens with zero attached hydrogens (tertiary/aromatic N) is 1. The van der Waals surface area contributed by atoms with E-state index in [0.29, 0.717) is 0 Å². The van der Waals surface area contributed by atoms with Crippen LogP contribution in [0, 0.1) is 0 Å². The number of nitrogens with one attached hydrogen (secondary N) is 1. The standard InChI is InChI=1S/C65H53BN2/c1-62(2)35-36-63(3,4)54-39-56(67-44-33-31-41(32-34-44)40-19-9-6-10-20-40)46(38-53(54)62)48-37-47-45-25-15-16-26-49(45)64(5)50-27-17-28-51-59(50)68-60-52(29-18-30-55(60)66-58(48)61(68)57(47)64)65(51,42-21-11-7-12-22-42)43-23-13-8-14-24-43/h6-34,37-39,66-67H,35-36H2,1-5H3. The zero-order valence-electron chi connectivity index (χ0n) is 39.5. The molecule has 3 heteroatoms. The van der Waals surface area contributed by atoms with Gasteiger partial charge in [-0.15, -0.1) is 0 Å². The summed E-state index contributed by atoms with van der Waals surface area (Å²) in [7, 11) is 0.832. The third-order valence-corrected chi connectivity index (χ3v) is 17.2. The molecule has 0 spiro atoms. The van der Waals surface area contributed by atoms with Crippen molar-refractivity contribution in [1.82, 2.24) is 0 Å². The molecule has 5 aliphatic rings. The Morgan fingerprint density at radius 3 is 1.68 bits per heavy atom. The van der Waals surface area contributed by atoms with Crippen LogP contribution in [-0.4, -0.2) is 7.28 Å². The van der Waals surface area contributed by atoms with Gasteiger partial charge < -0.3 is 10.2 Å². The molecular weight excluding hydrogens is 820 g/mol. The van der Waals surface area contributed by atoms with Crippen LogP contribution in [0.2, 0.25) is 0 Å². The van der Waals surface area contributed by atoms with Crippen molar-refractivity contribution in [2.24, 2.45) is 0 Å². The van der Waals surface area contributed by atoms with E-state index in [0.717, 1.165) is 25.8 Å². The van der Waals surface area contributed by atoms with Gasteiger partial charge in [-0.1, -0.05) is 197 Å². The largest absolute Gasteiger partial charge is 0.355 e. The van der Waals surface area contributed by atoms with E-state index in [4.69, 9.17) is 0 Å². The first-order chi connectivity index (χ1) is 33.1. The third-order valence-electron chi connectivity index (χ3n) is 17.2. The van der Waals surface area contributed by atoms with Crippen LogP contribution in [0.1, 0.15) is 97.5 Å². The number of rotatable bonds is 6. The van der Waals surface area contributed by atoms with Gasteiger partial charge in [0.2, 0.25) is 0 Å². The van der Waals surface area contributed by atoms with Gasteiger partial charge >= 0.3 is 0 Å². The molecule has 2 aliphatic carbocycles. The summed E-state index contributed by atoms with van der Waals surface area (Å²) >= 11 is 0. The Bertz CT molecular complexity index is 3530. The molecule has 9 aromatic carbocycles. The quantitative estimate of drug-likeness (QED) is 0.168. The average Bonchev–Trinajstić information content (AvgIpc) is 3.64. The normalized spacial score (nSPS) is 18.5. The molecule has 2 nitrogen and oxygen atoms in total. The number of hydrogen-bond acceptors (Lipinski definition) is 2. The van der Waals surface area contributed by atoms with Crippen molar-refractivity contribution < 1.29 is 0 Å². The van der Waals surface area contributed by atoms with Crippen LogP contribution in [-0.2, 0) is 21.7 Å². The van der Waals surface area contributed by atoms with Gasteiger partial charge in [-0.3, -0.25) is 0 Å². The topological polar surface area (TPSA) is 15.3 Å². The van der Waals surface area contributed by atoms with Crippen molar-refractivity contribution in [1.29, 1.82) is 0 Å². The average molecular weight is 873 g/mol. The molecule has 1 unspecified atom stereocenters. The SMILES string of the molecule is CC1(C)CCC(C)(C)c2cc(-c3cc4c5c6c3Bc3cccc7c3N6c3c(cccc3C7(c3ccccc3)c3ccccc3)C5(C)c3ccccc3-4)c(Nc3ccc(-c4ccccc4)cc3)cc21. The van der Waals surface area contributed by atoms with E-state index in [2.05, 4.69) is 239 Å². The molecule has 9 aromatic rings. The van der Waals surface area contributed by atoms with Crippen molar-refractivity contribution in [3.8, 4) is 33.4 Å². The molecule has 0 radical (unpaired) electrons. The van der Waals surface area contributed by atoms with Crippen molar-refractivity contribution in [2.75, 3.05) is 10.2 Å². The molecule has 0 aromatic heterocycles. The molecule has 14 rings (SSSR count). The van der Waals surface area contributed by atoms with Crippen molar-refractivity contribution >= 4 is 46.6 Å². The Morgan fingerprint density at radius 1 is 0.426 bits per heavy atom. The van der Waals surface area contributed by atoms with Crippen LogP contribution in [0.25, 0.3) is 33.4 Å². The highest BCUT2D eigenvalue weighted by Crippen LogP contribution is 2.68. The molecule has 0 amide bonds. The van der Waals surface area contributed by atoms with Gasteiger partial charge in [-0.25, -0.2) is 0 Å². The smallest absolute Gasteiger partial charge is 0.198 e. The van der Waals surface area contributed by atoms with E-state index in [1.807, 2.05) is 0 Å². The fourth-order valence-electron chi connectivity index (χ4n) is 13.8. The van der Waals surface area contributed by atoms with Gasteiger partial charge in [0.05, 0.1) is 11.1 Å². The Hall–Kier alpha value is -7.36. The monoisotopic (exact) mass is 872 g/mol. The van der Waals surface area contributed by atoms with E-state index in [9.17, 15) is 0 Å². The van der Waals surface area contributed by atoms with Crippen LogP contribution in [0.5, 0.6) is 0 Å². The number of para-hydroxylation sites is 2. The molecule has 0 saturated carbocycles. The second kappa shape index (κ2) is 13.9. The molecular formula is C65H53BN2. The zero-order chi connectivity index (χ0) is 45.7. The Morgan fingerprint density at radius 2 is 0.985 bits per heavy atom. The number of benzene rings is 9. The summed E-state index contributed by atoms with van der Waals surface area (Å²) in [4.78, 5) is 2.76. The number of hydrogen-bond donors (Lipinski definition) is 1. The Kier molecular flexibility index (Phi) is 8.11. The number of anilines is 5. The lowest BCUT2D eigenvalue weighted by atomic mass is 9.51. The Labute approximate surface area is 401 Å².